The molecule has 1 saturated carbocycles. The Morgan fingerprint density at radius 3 is 2.61 bits per heavy atom. The summed E-state index contributed by atoms with van der Waals surface area (Å²) in [6.07, 6.45) is 5.15. The maximum Gasteiger partial charge on any atom is 0.321 e. The van der Waals surface area contributed by atoms with Gasteiger partial charge in [0.15, 0.2) is 0 Å². The van der Waals surface area contributed by atoms with E-state index < -0.39 is 12.0 Å². The average molecular weight is 382 g/mol. The lowest BCUT2D eigenvalue weighted by Gasteiger charge is -2.24. The Morgan fingerprint density at radius 2 is 1.86 bits per heavy atom. The van der Waals surface area contributed by atoms with E-state index in [1.807, 2.05) is 29.2 Å². The number of carbonyl (C=O) groups excluding carboxylic acids is 1. The minimum absolute atomic E-state index is 0.0359. The van der Waals surface area contributed by atoms with E-state index in [0.29, 0.717) is 24.3 Å². The maximum atomic E-state index is 12.8. The Balaban J connectivity index is 1.47. The highest BCUT2D eigenvalue weighted by Gasteiger charge is 2.38. The van der Waals surface area contributed by atoms with Gasteiger partial charge in [0.05, 0.1) is 5.56 Å². The summed E-state index contributed by atoms with van der Waals surface area (Å²) in [4.78, 5) is 26.5. The van der Waals surface area contributed by atoms with Crippen LogP contribution in [0.5, 0.6) is 5.75 Å². The molecule has 2 aliphatic rings. The molecule has 1 amide bonds. The zero-order valence-corrected chi connectivity index (χ0v) is 15.8. The summed E-state index contributed by atoms with van der Waals surface area (Å²) in [7, 11) is 0. The van der Waals surface area contributed by atoms with Gasteiger partial charge < -0.3 is 15.5 Å². The summed E-state index contributed by atoms with van der Waals surface area (Å²) in [5.41, 5.74) is 0.222. The second-order valence-corrected chi connectivity index (χ2v) is 8.05. The Hall–Kier alpha value is -2.60. The molecule has 6 nitrogen and oxygen atoms in total. The van der Waals surface area contributed by atoms with E-state index in [-0.39, 0.29) is 23.3 Å². The summed E-state index contributed by atoms with van der Waals surface area (Å²) in [5.74, 6) is -0.671. The smallest absolute Gasteiger partial charge is 0.321 e. The van der Waals surface area contributed by atoms with Gasteiger partial charge in [0.25, 0.3) is 5.91 Å². The molecule has 2 fully saturated rings. The third-order valence-electron chi connectivity index (χ3n) is 6.14. The molecule has 1 heterocycles. The number of hydrogen-bond donors (Lipinski definition) is 3. The highest BCUT2D eigenvalue weighted by molar-refractivity contribution is 6.03. The highest BCUT2D eigenvalue weighted by Crippen LogP contribution is 2.30. The molecule has 3 N–H and O–H groups in total. The molecule has 0 unspecified atom stereocenters. The van der Waals surface area contributed by atoms with Crippen LogP contribution in [0.15, 0.2) is 36.4 Å². The maximum absolute atomic E-state index is 12.8. The molecule has 0 aromatic heterocycles. The van der Waals surface area contributed by atoms with Gasteiger partial charge in [-0.1, -0.05) is 43.2 Å². The predicted molar refractivity (Wildman–Crippen MR) is 106 cm³/mol. The Bertz CT molecular complexity index is 891. The van der Waals surface area contributed by atoms with Crippen molar-refractivity contribution in [1.29, 1.82) is 0 Å². The Kier molecular flexibility index (Phi) is 5.22. The molecule has 1 saturated heterocycles. The van der Waals surface area contributed by atoms with E-state index in [9.17, 15) is 19.8 Å². The third-order valence-corrected chi connectivity index (χ3v) is 6.14. The fraction of sp³-hybridized carbons (Fsp3) is 0.455. The minimum atomic E-state index is -0.830. The molecule has 4 rings (SSSR count). The second-order valence-electron chi connectivity index (χ2n) is 8.05. The van der Waals surface area contributed by atoms with Crippen molar-refractivity contribution in [2.45, 2.75) is 44.2 Å². The van der Waals surface area contributed by atoms with Crippen LogP contribution in [0.2, 0.25) is 0 Å². The number of hydrogen-bond acceptors (Lipinski definition) is 4. The van der Waals surface area contributed by atoms with Crippen LogP contribution in [0.25, 0.3) is 10.8 Å². The van der Waals surface area contributed by atoms with Gasteiger partial charge in [-0.2, -0.15) is 0 Å². The van der Waals surface area contributed by atoms with Crippen LogP contribution in [0.3, 0.4) is 0 Å². The first-order chi connectivity index (χ1) is 13.5. The van der Waals surface area contributed by atoms with Crippen molar-refractivity contribution in [3.8, 4) is 5.75 Å². The van der Waals surface area contributed by atoms with Crippen LogP contribution in [-0.4, -0.2) is 52.2 Å². The van der Waals surface area contributed by atoms with Gasteiger partial charge in [-0.15, -0.1) is 0 Å². The van der Waals surface area contributed by atoms with Crippen molar-refractivity contribution in [3.63, 3.8) is 0 Å². The first-order valence-electron chi connectivity index (χ1n) is 10.0. The number of rotatable bonds is 5. The van der Waals surface area contributed by atoms with E-state index in [0.717, 1.165) is 24.8 Å². The third kappa shape index (κ3) is 3.69. The van der Waals surface area contributed by atoms with E-state index in [1.54, 1.807) is 12.1 Å². The number of aliphatic carboxylic acids is 1. The number of amides is 1. The molecule has 6 heteroatoms. The predicted octanol–water partition coefficient (Wildman–Crippen LogP) is 2.99. The fourth-order valence-electron chi connectivity index (χ4n) is 4.69. The topological polar surface area (TPSA) is 89.9 Å². The molecule has 148 valence electrons. The second kappa shape index (κ2) is 7.80. The Labute approximate surface area is 164 Å². The van der Waals surface area contributed by atoms with Gasteiger partial charge in [0.2, 0.25) is 0 Å². The number of likely N-dealkylation sites (tertiary alicyclic amines) is 1. The number of fused-ring (bicyclic) bond motifs is 1. The summed E-state index contributed by atoms with van der Waals surface area (Å²) in [5, 5.41) is 24.5. The fourth-order valence-corrected chi connectivity index (χ4v) is 4.69. The Morgan fingerprint density at radius 1 is 1.11 bits per heavy atom. The van der Waals surface area contributed by atoms with Crippen molar-refractivity contribution >= 4 is 22.6 Å². The van der Waals surface area contributed by atoms with Crippen LogP contribution in [0.4, 0.5) is 0 Å². The molecule has 0 bridgehead atoms. The summed E-state index contributed by atoms with van der Waals surface area (Å²) in [6, 6.07) is 9.99. The number of aromatic hydroxyl groups is 1. The summed E-state index contributed by atoms with van der Waals surface area (Å²) in [6.45, 7) is 1.32. The highest BCUT2D eigenvalue weighted by atomic mass is 16.4. The summed E-state index contributed by atoms with van der Waals surface area (Å²) >= 11 is 0. The monoisotopic (exact) mass is 382 g/mol. The van der Waals surface area contributed by atoms with Crippen molar-refractivity contribution in [2.24, 2.45) is 5.92 Å². The number of phenolic OH excluding ortho intramolecular Hbond substituents is 1. The van der Waals surface area contributed by atoms with Crippen LogP contribution in [-0.2, 0) is 4.79 Å². The lowest BCUT2D eigenvalue weighted by atomic mass is 10.0. The van der Waals surface area contributed by atoms with Crippen molar-refractivity contribution < 1.29 is 19.8 Å². The van der Waals surface area contributed by atoms with Crippen LogP contribution in [0, 0.1) is 5.92 Å². The van der Waals surface area contributed by atoms with Gasteiger partial charge in [-0.3, -0.25) is 14.5 Å². The summed E-state index contributed by atoms with van der Waals surface area (Å²) < 4.78 is 0. The standard InChI is InChI=1S/C22H26N2O4/c25-20-17-8-4-3-7-15(17)9-10-18(20)21(26)23-16-11-19(22(27)28)24(13-16)12-14-5-1-2-6-14/h3-4,7-10,14,16,19,25H,1-2,5-6,11-13H2,(H,23,26)(H,27,28)/t16-,19-/m0/s1. The molecule has 1 aliphatic carbocycles. The number of carboxylic acids is 1. The number of phenols is 1. The molecule has 1 aliphatic heterocycles. The average Bonchev–Trinajstić information content (AvgIpc) is 3.32. The van der Waals surface area contributed by atoms with E-state index in [2.05, 4.69) is 5.32 Å². The largest absolute Gasteiger partial charge is 0.506 e. The van der Waals surface area contributed by atoms with E-state index in [1.165, 1.54) is 12.8 Å². The molecular formula is C22H26N2O4. The van der Waals surface area contributed by atoms with Gasteiger partial charge in [0.1, 0.15) is 11.8 Å². The minimum Gasteiger partial charge on any atom is -0.506 e. The molecule has 2 aromatic rings. The van der Waals surface area contributed by atoms with E-state index in [4.69, 9.17) is 0 Å². The number of nitrogens with zero attached hydrogens (tertiary/aromatic N) is 1. The van der Waals surface area contributed by atoms with Crippen molar-refractivity contribution in [1.82, 2.24) is 10.2 Å². The quantitative estimate of drug-likeness (QED) is 0.740. The van der Waals surface area contributed by atoms with Crippen LogP contribution in [0.1, 0.15) is 42.5 Å². The van der Waals surface area contributed by atoms with Crippen molar-refractivity contribution in [3.05, 3.63) is 42.0 Å². The SMILES string of the molecule is O=C(N[C@H]1C[C@@H](C(=O)O)N(CC2CCCC2)C1)c1ccc2ccccc2c1O. The van der Waals surface area contributed by atoms with Gasteiger partial charge in [0, 0.05) is 24.5 Å². The number of nitrogens with one attached hydrogen (secondary N) is 1. The molecule has 2 aromatic carbocycles. The van der Waals surface area contributed by atoms with Gasteiger partial charge in [-0.25, -0.2) is 0 Å². The normalized spacial score (nSPS) is 23.3. The molecule has 2 atom stereocenters. The molecule has 28 heavy (non-hydrogen) atoms. The molecule has 0 spiro atoms. The first-order valence-corrected chi connectivity index (χ1v) is 10.0. The number of carbonyl (C=O) groups is 2. The number of carboxylic acid groups (broad SMARTS) is 1. The molecular weight excluding hydrogens is 356 g/mol. The lowest BCUT2D eigenvalue weighted by molar-refractivity contribution is -0.142. The lowest BCUT2D eigenvalue weighted by Crippen LogP contribution is -2.40. The zero-order valence-electron chi connectivity index (χ0n) is 15.8. The number of benzene rings is 2. The van der Waals surface area contributed by atoms with Gasteiger partial charge in [-0.05, 0) is 36.6 Å². The van der Waals surface area contributed by atoms with Crippen LogP contribution < -0.4 is 5.32 Å². The molecule has 0 radical (unpaired) electrons. The zero-order chi connectivity index (χ0) is 19.7. The van der Waals surface area contributed by atoms with Crippen molar-refractivity contribution in [2.75, 3.05) is 13.1 Å². The van der Waals surface area contributed by atoms with Gasteiger partial charge >= 0.3 is 5.97 Å². The van der Waals surface area contributed by atoms with E-state index >= 15 is 0 Å². The first kappa shape index (κ1) is 18.7. The van der Waals surface area contributed by atoms with Crippen LogP contribution >= 0.6 is 0 Å².